The van der Waals surface area contributed by atoms with Gasteiger partial charge < -0.3 is 9.47 Å². The van der Waals surface area contributed by atoms with Gasteiger partial charge in [0.2, 0.25) is 6.10 Å². The molecule has 4 nitrogen and oxygen atoms in total. The van der Waals surface area contributed by atoms with E-state index in [0.29, 0.717) is 5.56 Å². The van der Waals surface area contributed by atoms with Gasteiger partial charge in [-0.3, -0.25) is 4.79 Å². The van der Waals surface area contributed by atoms with Crippen molar-refractivity contribution in [3.63, 3.8) is 0 Å². The molecule has 0 heterocycles. The Hall–Kier alpha value is -2.10. The van der Waals surface area contributed by atoms with Crippen LogP contribution in [0.25, 0.3) is 0 Å². The summed E-state index contributed by atoms with van der Waals surface area (Å²) < 4.78 is 10.2. The molecule has 0 bridgehead atoms. The van der Waals surface area contributed by atoms with Crippen molar-refractivity contribution >= 4 is 11.9 Å². The first-order valence-corrected chi connectivity index (χ1v) is 6.00. The number of esters is 2. The molecule has 0 radical (unpaired) electrons. The lowest BCUT2D eigenvalue weighted by Gasteiger charge is -2.19. The lowest BCUT2D eigenvalue weighted by atomic mass is 10.1. The fourth-order valence-corrected chi connectivity index (χ4v) is 1.38. The van der Waals surface area contributed by atoms with Crippen LogP contribution in [-0.2, 0) is 19.1 Å². The van der Waals surface area contributed by atoms with Crippen molar-refractivity contribution in [1.82, 2.24) is 0 Å². The van der Waals surface area contributed by atoms with E-state index in [1.165, 1.54) is 6.92 Å². The molecule has 0 spiro atoms. The first-order valence-electron chi connectivity index (χ1n) is 6.00. The van der Waals surface area contributed by atoms with Crippen molar-refractivity contribution in [3.05, 3.63) is 48.0 Å². The van der Waals surface area contributed by atoms with Crippen molar-refractivity contribution in [2.75, 3.05) is 0 Å². The zero-order valence-electron chi connectivity index (χ0n) is 11.4. The molecule has 102 valence electrons. The van der Waals surface area contributed by atoms with Gasteiger partial charge in [-0.05, 0) is 19.4 Å². The fraction of sp³-hybridized carbons (Fsp3) is 0.333. The van der Waals surface area contributed by atoms with E-state index in [9.17, 15) is 9.59 Å². The van der Waals surface area contributed by atoms with E-state index in [4.69, 9.17) is 9.47 Å². The summed E-state index contributed by atoms with van der Waals surface area (Å²) in [6.07, 6.45) is -1.46. The summed E-state index contributed by atoms with van der Waals surface area (Å²) in [5.41, 5.74) is 1.31. The summed E-state index contributed by atoms with van der Waals surface area (Å²) >= 11 is 0. The quantitative estimate of drug-likeness (QED) is 0.605. The highest BCUT2D eigenvalue weighted by Gasteiger charge is 2.26. The molecule has 0 N–H and O–H groups in total. The third-order valence-corrected chi connectivity index (χ3v) is 2.59. The predicted octanol–water partition coefficient (Wildman–Crippen LogP) is 2.80. The van der Waals surface area contributed by atoms with Gasteiger partial charge in [-0.25, -0.2) is 4.79 Å². The van der Waals surface area contributed by atoms with E-state index >= 15 is 0 Å². The van der Waals surface area contributed by atoms with Crippen LogP contribution in [0.4, 0.5) is 0 Å². The van der Waals surface area contributed by atoms with Gasteiger partial charge in [0.05, 0.1) is 0 Å². The van der Waals surface area contributed by atoms with Crippen molar-refractivity contribution in [2.24, 2.45) is 0 Å². The first kappa shape index (κ1) is 15.0. The minimum atomic E-state index is -1.04. The minimum absolute atomic E-state index is 0.422. The Morgan fingerprint density at radius 1 is 1.11 bits per heavy atom. The summed E-state index contributed by atoms with van der Waals surface area (Å²) in [6, 6.07) is 8.76. The van der Waals surface area contributed by atoms with Crippen molar-refractivity contribution < 1.29 is 19.1 Å². The van der Waals surface area contributed by atoms with E-state index in [2.05, 4.69) is 6.58 Å². The molecule has 0 fully saturated rings. The van der Waals surface area contributed by atoms with Gasteiger partial charge in [0.15, 0.2) is 0 Å². The number of carbonyl (C=O) groups excluding carboxylic acids is 2. The van der Waals surface area contributed by atoms with Crippen LogP contribution in [0.3, 0.4) is 0 Å². The Balaban J connectivity index is 2.89. The second-order valence-electron chi connectivity index (χ2n) is 4.33. The molecule has 0 aliphatic heterocycles. The van der Waals surface area contributed by atoms with Gasteiger partial charge in [-0.15, -0.1) is 0 Å². The molecule has 1 aromatic carbocycles. The van der Waals surface area contributed by atoms with Gasteiger partial charge in [-0.2, -0.15) is 0 Å². The summed E-state index contributed by atoms with van der Waals surface area (Å²) in [4.78, 5) is 23.2. The zero-order valence-corrected chi connectivity index (χ0v) is 11.4. The SMILES string of the molecule is C=C(C)[C@@H](C)OC(=O)[C@@H](OC(C)=O)c1ccccc1. The Bertz CT molecular complexity index is 464. The molecule has 0 amide bonds. The number of hydrogen-bond donors (Lipinski definition) is 0. The van der Waals surface area contributed by atoms with Gasteiger partial charge in [0.1, 0.15) is 6.10 Å². The normalized spacial score (nSPS) is 13.2. The number of ether oxygens (including phenoxy) is 2. The molecule has 0 saturated carbocycles. The van der Waals surface area contributed by atoms with E-state index in [0.717, 1.165) is 5.57 Å². The van der Waals surface area contributed by atoms with Crippen LogP contribution < -0.4 is 0 Å². The maximum Gasteiger partial charge on any atom is 0.352 e. The lowest BCUT2D eigenvalue weighted by molar-refractivity contribution is -0.169. The first-order chi connectivity index (χ1) is 8.91. The molecular weight excluding hydrogens is 244 g/mol. The lowest BCUT2D eigenvalue weighted by Crippen LogP contribution is -2.25. The summed E-state index contributed by atoms with van der Waals surface area (Å²) in [6.45, 7) is 8.45. The predicted molar refractivity (Wildman–Crippen MR) is 71.3 cm³/mol. The molecule has 0 unspecified atom stereocenters. The van der Waals surface area contributed by atoms with Gasteiger partial charge in [0.25, 0.3) is 0 Å². The molecule has 2 atom stereocenters. The maximum absolute atomic E-state index is 12.1. The van der Waals surface area contributed by atoms with Crippen LogP contribution in [0.15, 0.2) is 42.5 Å². The highest BCUT2D eigenvalue weighted by molar-refractivity contribution is 5.80. The third-order valence-electron chi connectivity index (χ3n) is 2.59. The Labute approximate surface area is 113 Å². The second kappa shape index (κ2) is 6.73. The number of carbonyl (C=O) groups is 2. The largest absolute Gasteiger partial charge is 0.455 e. The van der Waals surface area contributed by atoms with Crippen LogP contribution in [0.1, 0.15) is 32.4 Å². The van der Waals surface area contributed by atoms with Gasteiger partial charge in [-0.1, -0.05) is 36.9 Å². The van der Waals surface area contributed by atoms with E-state index < -0.39 is 24.1 Å². The fourth-order valence-electron chi connectivity index (χ4n) is 1.38. The minimum Gasteiger partial charge on any atom is -0.455 e. The molecule has 0 aromatic heterocycles. The number of rotatable bonds is 5. The standard InChI is InChI=1S/C15H18O4/c1-10(2)11(3)18-15(17)14(19-12(4)16)13-8-6-5-7-9-13/h5-9,11,14H,1H2,2-4H3/t11-,14+/m1/s1. The third kappa shape index (κ3) is 4.58. The van der Waals surface area contributed by atoms with E-state index in [1.807, 2.05) is 6.07 Å². The monoisotopic (exact) mass is 262 g/mol. The molecule has 0 aliphatic carbocycles. The van der Waals surface area contributed by atoms with Crippen LogP contribution in [0, 0.1) is 0 Å². The average molecular weight is 262 g/mol. The smallest absolute Gasteiger partial charge is 0.352 e. The van der Waals surface area contributed by atoms with E-state index in [1.54, 1.807) is 38.1 Å². The second-order valence-corrected chi connectivity index (χ2v) is 4.33. The van der Waals surface area contributed by atoms with Gasteiger partial charge >= 0.3 is 11.9 Å². The molecule has 19 heavy (non-hydrogen) atoms. The summed E-state index contributed by atoms with van der Waals surface area (Å²) in [5.74, 6) is -1.13. The van der Waals surface area contributed by atoms with Crippen molar-refractivity contribution in [1.29, 1.82) is 0 Å². The topological polar surface area (TPSA) is 52.6 Å². The Morgan fingerprint density at radius 3 is 2.16 bits per heavy atom. The van der Waals surface area contributed by atoms with E-state index in [-0.39, 0.29) is 0 Å². The number of hydrogen-bond acceptors (Lipinski definition) is 4. The summed E-state index contributed by atoms with van der Waals surface area (Å²) in [7, 11) is 0. The highest BCUT2D eigenvalue weighted by atomic mass is 16.6. The Kier molecular flexibility index (Phi) is 5.30. The van der Waals surface area contributed by atoms with Crippen LogP contribution >= 0.6 is 0 Å². The molecule has 1 aromatic rings. The Morgan fingerprint density at radius 2 is 1.68 bits per heavy atom. The van der Waals surface area contributed by atoms with Crippen molar-refractivity contribution in [3.8, 4) is 0 Å². The zero-order chi connectivity index (χ0) is 14.4. The maximum atomic E-state index is 12.1. The van der Waals surface area contributed by atoms with Crippen LogP contribution in [-0.4, -0.2) is 18.0 Å². The van der Waals surface area contributed by atoms with Gasteiger partial charge in [0, 0.05) is 12.5 Å². The highest BCUT2D eigenvalue weighted by Crippen LogP contribution is 2.20. The average Bonchev–Trinajstić information content (AvgIpc) is 2.36. The van der Waals surface area contributed by atoms with Crippen LogP contribution in [0.5, 0.6) is 0 Å². The number of benzene rings is 1. The molecule has 0 saturated heterocycles. The van der Waals surface area contributed by atoms with Crippen molar-refractivity contribution in [2.45, 2.75) is 33.0 Å². The van der Waals surface area contributed by atoms with Crippen LogP contribution in [0.2, 0.25) is 0 Å². The molecule has 1 rings (SSSR count). The summed E-state index contributed by atoms with van der Waals surface area (Å²) in [5, 5.41) is 0. The molecule has 0 aliphatic rings. The molecule has 4 heteroatoms. The molecular formula is C15H18O4.